The molecule has 3 nitrogen and oxygen atoms in total. The van der Waals surface area contributed by atoms with Crippen molar-refractivity contribution in [2.24, 2.45) is 5.92 Å². The van der Waals surface area contributed by atoms with Crippen molar-refractivity contribution in [3.8, 4) is 0 Å². The summed E-state index contributed by atoms with van der Waals surface area (Å²) in [5.74, 6) is 0.742. The van der Waals surface area contributed by atoms with Crippen molar-refractivity contribution in [3.05, 3.63) is 0 Å². The monoisotopic (exact) mass is 174 g/mol. The molecule has 0 heterocycles. The molecule has 0 fully saturated rings. The molecule has 0 unspecified atom stereocenters. The lowest BCUT2D eigenvalue weighted by molar-refractivity contribution is 0.111. The van der Waals surface area contributed by atoms with Crippen molar-refractivity contribution >= 4 is 0 Å². The van der Waals surface area contributed by atoms with E-state index >= 15 is 0 Å². The first-order valence-corrected chi connectivity index (χ1v) is 4.61. The average molecular weight is 174 g/mol. The van der Waals surface area contributed by atoms with Crippen molar-refractivity contribution in [2.45, 2.75) is 20.3 Å². The van der Waals surface area contributed by atoms with E-state index in [0.717, 1.165) is 32.1 Å². The van der Waals surface area contributed by atoms with E-state index in [1.54, 1.807) is 0 Å². The maximum Gasteiger partial charge on any atom is 0.0604 e. The van der Waals surface area contributed by atoms with Crippen LogP contribution >= 0.6 is 0 Å². The number of hydrazine groups is 1. The Bertz CT molecular complexity index is 82.5. The summed E-state index contributed by atoms with van der Waals surface area (Å²) in [5, 5.41) is 1.94. The van der Waals surface area contributed by atoms with E-state index < -0.39 is 0 Å². The van der Waals surface area contributed by atoms with Crippen LogP contribution in [0.25, 0.3) is 0 Å². The summed E-state index contributed by atoms with van der Waals surface area (Å²) in [6.07, 6.45) is 1.15. The van der Waals surface area contributed by atoms with E-state index in [9.17, 15) is 0 Å². The van der Waals surface area contributed by atoms with Gasteiger partial charge in [-0.15, -0.1) is 0 Å². The second kappa shape index (κ2) is 7.53. The maximum absolute atomic E-state index is 5.41. The second-order valence-corrected chi connectivity index (χ2v) is 3.60. The first kappa shape index (κ1) is 11.9. The third-order valence-electron chi connectivity index (χ3n) is 1.51. The molecule has 1 N–H and O–H groups in total. The lowest BCUT2D eigenvalue weighted by atomic mass is 10.1. The zero-order chi connectivity index (χ0) is 9.40. The quantitative estimate of drug-likeness (QED) is 0.462. The van der Waals surface area contributed by atoms with Gasteiger partial charge in [-0.05, 0) is 12.3 Å². The Morgan fingerprint density at radius 1 is 1.25 bits per heavy atom. The van der Waals surface area contributed by atoms with Crippen LogP contribution < -0.4 is 5.43 Å². The highest BCUT2D eigenvalue weighted by Gasteiger charge is 1.93. The summed E-state index contributed by atoms with van der Waals surface area (Å²) in [4.78, 5) is 0. The SMILES string of the molecule is CC(C)CCOCCNN(C)C. The van der Waals surface area contributed by atoms with Crippen LogP contribution in [-0.4, -0.2) is 38.9 Å². The topological polar surface area (TPSA) is 24.5 Å². The number of rotatable bonds is 7. The molecule has 0 rings (SSSR count). The lowest BCUT2D eigenvalue weighted by Gasteiger charge is -2.12. The molecule has 3 heteroatoms. The number of hydrogen-bond acceptors (Lipinski definition) is 3. The van der Waals surface area contributed by atoms with Gasteiger partial charge in [-0.25, -0.2) is 0 Å². The molecule has 0 aliphatic rings. The van der Waals surface area contributed by atoms with Gasteiger partial charge in [0.1, 0.15) is 0 Å². The predicted octanol–water partition coefficient (Wildman–Crippen LogP) is 1.12. The Labute approximate surface area is 76.1 Å². The highest BCUT2D eigenvalue weighted by atomic mass is 16.5. The van der Waals surface area contributed by atoms with Crippen LogP contribution in [0.3, 0.4) is 0 Å². The van der Waals surface area contributed by atoms with Gasteiger partial charge in [0.15, 0.2) is 0 Å². The van der Waals surface area contributed by atoms with Crippen LogP contribution in [0.4, 0.5) is 0 Å². The van der Waals surface area contributed by atoms with Crippen LogP contribution in [0.5, 0.6) is 0 Å². The van der Waals surface area contributed by atoms with Gasteiger partial charge < -0.3 is 4.74 Å². The Hall–Kier alpha value is -0.120. The Balaban J connectivity index is 2.91. The van der Waals surface area contributed by atoms with Crippen LogP contribution in [0, 0.1) is 5.92 Å². The molecule has 0 aliphatic carbocycles. The van der Waals surface area contributed by atoms with Gasteiger partial charge in [0.25, 0.3) is 0 Å². The van der Waals surface area contributed by atoms with Gasteiger partial charge in [-0.2, -0.15) is 0 Å². The zero-order valence-electron chi connectivity index (χ0n) is 8.76. The van der Waals surface area contributed by atoms with E-state index in [0.29, 0.717) is 0 Å². The molecule has 0 amide bonds. The van der Waals surface area contributed by atoms with Crippen LogP contribution in [-0.2, 0) is 4.74 Å². The standard InChI is InChI=1S/C9H22N2O/c1-9(2)5-7-12-8-6-10-11(3)4/h9-10H,5-8H2,1-4H3. The molecule has 0 bridgehead atoms. The van der Waals surface area contributed by atoms with Crippen LogP contribution in [0.15, 0.2) is 0 Å². The Morgan fingerprint density at radius 3 is 2.42 bits per heavy atom. The summed E-state index contributed by atoms with van der Waals surface area (Å²) in [6, 6.07) is 0. The number of nitrogens with one attached hydrogen (secondary N) is 1. The van der Waals surface area contributed by atoms with Gasteiger partial charge in [0.2, 0.25) is 0 Å². The third-order valence-corrected chi connectivity index (χ3v) is 1.51. The van der Waals surface area contributed by atoms with E-state index in [-0.39, 0.29) is 0 Å². The Kier molecular flexibility index (Phi) is 7.45. The molecule has 74 valence electrons. The second-order valence-electron chi connectivity index (χ2n) is 3.60. The van der Waals surface area contributed by atoms with Crippen molar-refractivity contribution in [1.82, 2.24) is 10.4 Å². The van der Waals surface area contributed by atoms with Gasteiger partial charge in [-0.1, -0.05) is 13.8 Å². The molecule has 0 atom stereocenters. The minimum absolute atomic E-state index is 0.742. The van der Waals surface area contributed by atoms with E-state index in [1.807, 2.05) is 19.1 Å². The fraction of sp³-hybridized carbons (Fsp3) is 1.00. The molecule has 12 heavy (non-hydrogen) atoms. The molecule has 0 radical (unpaired) electrons. The number of ether oxygens (including phenoxy) is 1. The first-order valence-electron chi connectivity index (χ1n) is 4.61. The van der Waals surface area contributed by atoms with Crippen molar-refractivity contribution in [2.75, 3.05) is 33.9 Å². The van der Waals surface area contributed by atoms with Gasteiger partial charge in [0, 0.05) is 27.2 Å². The minimum atomic E-state index is 0.742. The molecular formula is C9H22N2O. The highest BCUT2D eigenvalue weighted by molar-refractivity contribution is 4.43. The fourth-order valence-corrected chi connectivity index (χ4v) is 0.763. The van der Waals surface area contributed by atoms with Crippen molar-refractivity contribution < 1.29 is 4.74 Å². The molecule has 0 aromatic rings. The van der Waals surface area contributed by atoms with E-state index in [1.165, 1.54) is 0 Å². The van der Waals surface area contributed by atoms with Crippen LogP contribution in [0.2, 0.25) is 0 Å². The van der Waals surface area contributed by atoms with E-state index in [2.05, 4.69) is 19.3 Å². The van der Waals surface area contributed by atoms with E-state index in [4.69, 9.17) is 4.74 Å². The molecule has 0 saturated carbocycles. The third kappa shape index (κ3) is 9.88. The average Bonchev–Trinajstić information content (AvgIpc) is 1.95. The molecule has 0 saturated heterocycles. The molecule has 0 aromatic heterocycles. The summed E-state index contributed by atoms with van der Waals surface area (Å²) in [5.41, 5.74) is 3.14. The minimum Gasteiger partial charge on any atom is -0.380 e. The molecule has 0 aliphatic heterocycles. The summed E-state index contributed by atoms with van der Waals surface area (Å²) < 4.78 is 5.41. The smallest absolute Gasteiger partial charge is 0.0604 e. The van der Waals surface area contributed by atoms with Crippen molar-refractivity contribution in [3.63, 3.8) is 0 Å². The lowest BCUT2D eigenvalue weighted by Crippen LogP contribution is -2.33. The summed E-state index contributed by atoms with van der Waals surface area (Å²) >= 11 is 0. The highest BCUT2D eigenvalue weighted by Crippen LogP contribution is 1.97. The predicted molar refractivity (Wildman–Crippen MR) is 52.0 cm³/mol. The normalized spacial score (nSPS) is 11.5. The summed E-state index contributed by atoms with van der Waals surface area (Å²) in [7, 11) is 3.96. The van der Waals surface area contributed by atoms with Gasteiger partial charge >= 0.3 is 0 Å². The number of nitrogens with zero attached hydrogens (tertiary/aromatic N) is 1. The number of hydrogen-bond donors (Lipinski definition) is 1. The first-order chi connectivity index (χ1) is 5.63. The van der Waals surface area contributed by atoms with Crippen molar-refractivity contribution in [1.29, 1.82) is 0 Å². The largest absolute Gasteiger partial charge is 0.380 e. The maximum atomic E-state index is 5.41. The molecule has 0 aromatic carbocycles. The van der Waals surface area contributed by atoms with Gasteiger partial charge in [-0.3, -0.25) is 10.4 Å². The molecular weight excluding hydrogens is 152 g/mol. The molecule has 0 spiro atoms. The Morgan fingerprint density at radius 2 is 1.92 bits per heavy atom. The summed E-state index contributed by atoms with van der Waals surface area (Å²) in [6.45, 7) is 6.99. The van der Waals surface area contributed by atoms with Crippen LogP contribution in [0.1, 0.15) is 20.3 Å². The fourth-order valence-electron chi connectivity index (χ4n) is 0.763. The zero-order valence-corrected chi connectivity index (χ0v) is 8.76. The van der Waals surface area contributed by atoms with Gasteiger partial charge in [0.05, 0.1) is 6.61 Å².